The summed E-state index contributed by atoms with van der Waals surface area (Å²) in [5, 5.41) is 16.6. The Morgan fingerprint density at radius 2 is 1.64 bits per heavy atom. The third kappa shape index (κ3) is 4.24. The lowest BCUT2D eigenvalue weighted by Gasteiger charge is -2.16. The predicted octanol–water partition coefficient (Wildman–Crippen LogP) is 5.31. The normalized spacial score (nSPS) is 12.8. The van der Waals surface area contributed by atoms with Crippen LogP contribution in [0.15, 0.2) is 57.6 Å². The van der Waals surface area contributed by atoms with Gasteiger partial charge in [-0.2, -0.15) is 13.2 Å². The van der Waals surface area contributed by atoms with E-state index in [1.807, 2.05) is 0 Å². The number of benzene rings is 2. The van der Waals surface area contributed by atoms with Gasteiger partial charge in [0, 0.05) is 35.1 Å². The molecule has 0 spiro atoms. The van der Waals surface area contributed by atoms with Crippen LogP contribution in [-0.2, 0) is 23.8 Å². The summed E-state index contributed by atoms with van der Waals surface area (Å²) in [5.41, 5.74) is 1.47. The molecule has 1 aliphatic rings. The molecule has 4 aromatic rings. The van der Waals surface area contributed by atoms with Gasteiger partial charge in [0.2, 0.25) is 0 Å². The van der Waals surface area contributed by atoms with E-state index < -0.39 is 35.6 Å². The second-order valence-electron chi connectivity index (χ2n) is 8.43. The summed E-state index contributed by atoms with van der Waals surface area (Å²) in [6.45, 7) is -0.608. The number of halogens is 3. The Morgan fingerprint density at radius 1 is 0.917 bits per heavy atom. The molecule has 2 heterocycles. The molecule has 5 rings (SSSR count). The molecule has 7 nitrogen and oxygen atoms in total. The van der Waals surface area contributed by atoms with Crippen molar-refractivity contribution in [3.8, 4) is 34.0 Å². The molecule has 0 fully saturated rings. The van der Waals surface area contributed by atoms with Crippen molar-refractivity contribution in [2.75, 3.05) is 6.61 Å². The summed E-state index contributed by atoms with van der Waals surface area (Å²) in [6, 6.07) is 12.9. The molecule has 0 aliphatic heterocycles. The number of aliphatic hydroxyl groups excluding tert-OH is 1. The zero-order valence-electron chi connectivity index (χ0n) is 18.8. The van der Waals surface area contributed by atoms with Crippen LogP contribution < -0.4 is 0 Å². The third-order valence-electron chi connectivity index (χ3n) is 6.15. The second kappa shape index (κ2) is 9.19. The van der Waals surface area contributed by atoms with Crippen LogP contribution in [0.2, 0.25) is 0 Å². The number of ketones is 2. The molecule has 36 heavy (non-hydrogen) atoms. The van der Waals surface area contributed by atoms with Crippen LogP contribution in [0.25, 0.3) is 34.0 Å². The van der Waals surface area contributed by atoms with Crippen LogP contribution in [0.1, 0.15) is 39.9 Å². The molecular formula is C26H19F3N2O5. The van der Waals surface area contributed by atoms with Gasteiger partial charge in [0.25, 0.3) is 0 Å². The fraction of sp³-hybridized carbons (Fsp3) is 0.231. The number of Topliss-reactive ketones (excluding diaryl/α,β-unsaturated/α-hetero) is 2. The molecular weight excluding hydrogens is 477 g/mol. The topological polar surface area (TPSA) is 106 Å². The zero-order valence-corrected chi connectivity index (χ0v) is 18.8. The number of hydrogen-bond donors (Lipinski definition) is 1. The van der Waals surface area contributed by atoms with E-state index in [2.05, 4.69) is 10.3 Å². The molecule has 0 amide bonds. The predicted molar refractivity (Wildman–Crippen MR) is 121 cm³/mol. The van der Waals surface area contributed by atoms with Crippen LogP contribution >= 0.6 is 0 Å². The molecule has 0 atom stereocenters. The van der Waals surface area contributed by atoms with Crippen molar-refractivity contribution in [2.45, 2.75) is 31.9 Å². The van der Waals surface area contributed by atoms with Crippen molar-refractivity contribution in [2.24, 2.45) is 0 Å². The standard InChI is InChI=1S/C26H19F3N2O5/c27-26(28,29)21-23(31-35-24(21)14-4-2-1-3-5-14)25-19-10-6-15-12-16(20(34)11-8-17(33)13-32)7-9-18(15)22(19)30-36-25/h1-5,7,9,12,32H,6,8,10-11,13H2. The highest BCUT2D eigenvalue weighted by Crippen LogP contribution is 2.46. The van der Waals surface area contributed by atoms with Gasteiger partial charge in [-0.15, -0.1) is 0 Å². The average Bonchev–Trinajstić information content (AvgIpc) is 3.51. The number of fused-ring (bicyclic) bond motifs is 3. The Hall–Kier alpha value is -4.05. The van der Waals surface area contributed by atoms with E-state index >= 15 is 0 Å². The number of aryl methyl sites for hydroxylation is 1. The van der Waals surface area contributed by atoms with E-state index in [9.17, 15) is 22.8 Å². The van der Waals surface area contributed by atoms with Crippen LogP contribution in [0.3, 0.4) is 0 Å². The van der Waals surface area contributed by atoms with E-state index in [1.54, 1.807) is 36.4 Å². The number of aliphatic hydroxyl groups is 1. The van der Waals surface area contributed by atoms with Crippen LogP contribution in [0, 0.1) is 0 Å². The quantitative estimate of drug-likeness (QED) is 0.346. The van der Waals surface area contributed by atoms with Crippen molar-refractivity contribution in [3.05, 3.63) is 70.8 Å². The number of carbonyl (C=O) groups is 2. The molecule has 2 aromatic carbocycles. The van der Waals surface area contributed by atoms with Crippen LogP contribution in [-0.4, -0.2) is 33.6 Å². The lowest BCUT2D eigenvalue weighted by molar-refractivity contribution is -0.137. The van der Waals surface area contributed by atoms with Gasteiger partial charge in [-0.05, 0) is 24.5 Å². The first kappa shape index (κ1) is 23.7. The summed E-state index contributed by atoms with van der Waals surface area (Å²) in [4.78, 5) is 23.7. The maximum atomic E-state index is 14.1. The minimum Gasteiger partial charge on any atom is -0.389 e. The van der Waals surface area contributed by atoms with Gasteiger partial charge < -0.3 is 14.2 Å². The number of alkyl halides is 3. The molecule has 10 heteroatoms. The first-order valence-corrected chi connectivity index (χ1v) is 11.2. The molecule has 184 valence electrons. The summed E-state index contributed by atoms with van der Waals surface area (Å²) < 4.78 is 52.9. The monoisotopic (exact) mass is 496 g/mol. The molecule has 0 bridgehead atoms. The van der Waals surface area contributed by atoms with Gasteiger partial charge in [-0.3, -0.25) is 9.59 Å². The highest BCUT2D eigenvalue weighted by atomic mass is 19.4. The Kier molecular flexibility index (Phi) is 6.05. The Morgan fingerprint density at radius 3 is 2.36 bits per heavy atom. The molecule has 0 saturated carbocycles. The van der Waals surface area contributed by atoms with Crippen molar-refractivity contribution in [1.29, 1.82) is 0 Å². The minimum atomic E-state index is -4.75. The highest BCUT2D eigenvalue weighted by Gasteiger charge is 2.43. The number of rotatable bonds is 7. The van der Waals surface area contributed by atoms with Crippen LogP contribution in [0.4, 0.5) is 13.2 Å². The van der Waals surface area contributed by atoms with Crippen molar-refractivity contribution in [1.82, 2.24) is 10.3 Å². The molecule has 2 aromatic heterocycles. The summed E-state index contributed by atoms with van der Waals surface area (Å²) >= 11 is 0. The average molecular weight is 496 g/mol. The minimum absolute atomic E-state index is 0.0202. The van der Waals surface area contributed by atoms with E-state index in [1.165, 1.54) is 12.1 Å². The second-order valence-corrected chi connectivity index (χ2v) is 8.43. The van der Waals surface area contributed by atoms with Gasteiger partial charge in [0.05, 0.1) is 0 Å². The van der Waals surface area contributed by atoms with Crippen LogP contribution in [0.5, 0.6) is 0 Å². The molecule has 1 aliphatic carbocycles. The molecule has 0 unspecified atom stereocenters. The van der Waals surface area contributed by atoms with E-state index in [4.69, 9.17) is 14.2 Å². The first-order valence-electron chi connectivity index (χ1n) is 11.2. The lowest BCUT2D eigenvalue weighted by Crippen LogP contribution is -2.10. The fourth-order valence-electron chi connectivity index (χ4n) is 4.37. The molecule has 0 radical (unpaired) electrons. The lowest BCUT2D eigenvalue weighted by atomic mass is 9.86. The Bertz CT molecular complexity index is 1450. The molecule has 1 N–H and O–H groups in total. The Labute approximate surface area is 202 Å². The maximum absolute atomic E-state index is 14.1. The number of carbonyl (C=O) groups excluding carboxylic acids is 2. The maximum Gasteiger partial charge on any atom is 0.422 e. The summed E-state index contributed by atoms with van der Waals surface area (Å²) in [5.74, 6) is -1.15. The number of aromatic nitrogens is 2. The summed E-state index contributed by atoms with van der Waals surface area (Å²) in [6.07, 6.45) is -4.05. The third-order valence-corrected chi connectivity index (χ3v) is 6.15. The largest absolute Gasteiger partial charge is 0.422 e. The van der Waals surface area contributed by atoms with Gasteiger partial charge >= 0.3 is 6.18 Å². The van der Waals surface area contributed by atoms with E-state index in [-0.39, 0.29) is 29.9 Å². The first-order chi connectivity index (χ1) is 17.3. The van der Waals surface area contributed by atoms with Gasteiger partial charge in [-0.1, -0.05) is 52.8 Å². The Balaban J connectivity index is 1.51. The van der Waals surface area contributed by atoms with E-state index in [0.717, 1.165) is 5.56 Å². The van der Waals surface area contributed by atoms with Crippen molar-refractivity contribution < 1.29 is 36.9 Å². The highest BCUT2D eigenvalue weighted by molar-refractivity contribution is 5.99. The summed E-state index contributed by atoms with van der Waals surface area (Å²) in [7, 11) is 0. The number of nitrogens with zero attached hydrogens (tertiary/aromatic N) is 2. The van der Waals surface area contributed by atoms with Gasteiger partial charge in [0.1, 0.15) is 17.9 Å². The van der Waals surface area contributed by atoms with Crippen molar-refractivity contribution >= 4 is 11.6 Å². The van der Waals surface area contributed by atoms with Crippen molar-refractivity contribution in [3.63, 3.8) is 0 Å². The smallest absolute Gasteiger partial charge is 0.389 e. The molecule has 0 saturated heterocycles. The number of hydrogen-bond acceptors (Lipinski definition) is 7. The van der Waals surface area contributed by atoms with Gasteiger partial charge in [0.15, 0.2) is 28.8 Å². The SMILES string of the molecule is O=C(CO)CCC(=O)c1ccc2c(c1)CCc1c-2noc1-c1noc(-c2ccccc2)c1C(F)(F)F. The van der Waals surface area contributed by atoms with Gasteiger partial charge in [-0.25, -0.2) is 0 Å². The zero-order chi connectivity index (χ0) is 25.4. The fourth-order valence-corrected chi connectivity index (χ4v) is 4.37. The van der Waals surface area contributed by atoms with E-state index in [0.29, 0.717) is 35.2 Å².